The molecule has 0 heterocycles. The molecule has 0 aromatic heterocycles. The lowest BCUT2D eigenvalue weighted by Gasteiger charge is -2.11. The molecule has 0 fully saturated rings. The van der Waals surface area contributed by atoms with E-state index in [-0.39, 0.29) is 24.2 Å². The molecule has 0 spiro atoms. The van der Waals surface area contributed by atoms with Gasteiger partial charge in [-0.15, -0.1) is 0 Å². The largest absolute Gasteiger partial charge is 0.206 e. The number of hydrogen-bond acceptors (Lipinski definition) is 0. The Balaban J connectivity index is 1.52. The summed E-state index contributed by atoms with van der Waals surface area (Å²) in [7, 11) is 0. The molecule has 0 amide bonds. The summed E-state index contributed by atoms with van der Waals surface area (Å²) >= 11 is 0. The van der Waals surface area contributed by atoms with Crippen molar-refractivity contribution in [3.05, 3.63) is 106 Å². The van der Waals surface area contributed by atoms with Crippen LogP contribution in [0.4, 0.5) is 22.0 Å². The van der Waals surface area contributed by atoms with Gasteiger partial charge in [-0.25, -0.2) is 22.0 Å². The molecule has 0 N–H and O–H groups in total. The number of aryl methyl sites for hydroxylation is 3. The van der Waals surface area contributed by atoms with Crippen molar-refractivity contribution in [2.75, 3.05) is 0 Å². The first kappa shape index (κ1) is 24.9. The summed E-state index contributed by atoms with van der Waals surface area (Å²) in [6.45, 7) is 2.16. The van der Waals surface area contributed by atoms with Crippen LogP contribution >= 0.6 is 0 Å². The molecule has 0 radical (unpaired) electrons. The Morgan fingerprint density at radius 3 is 2.03 bits per heavy atom. The van der Waals surface area contributed by atoms with Crippen LogP contribution in [0.2, 0.25) is 0 Å². The van der Waals surface area contributed by atoms with Crippen molar-refractivity contribution in [2.24, 2.45) is 0 Å². The van der Waals surface area contributed by atoms with Crippen LogP contribution in [0.5, 0.6) is 0 Å². The van der Waals surface area contributed by atoms with E-state index in [2.05, 4.69) is 6.92 Å². The number of benzene rings is 4. The molecule has 5 heteroatoms. The molecule has 0 unspecified atom stereocenters. The van der Waals surface area contributed by atoms with Crippen molar-refractivity contribution in [1.82, 2.24) is 0 Å². The van der Waals surface area contributed by atoms with Gasteiger partial charge in [0.2, 0.25) is 0 Å². The minimum atomic E-state index is -1.51. The highest BCUT2D eigenvalue weighted by Gasteiger charge is 2.14. The predicted octanol–water partition coefficient (Wildman–Crippen LogP) is 9.11. The molecule has 0 atom stereocenters. The lowest BCUT2D eigenvalue weighted by atomic mass is 9.96. The van der Waals surface area contributed by atoms with Crippen molar-refractivity contribution in [1.29, 1.82) is 0 Å². The van der Waals surface area contributed by atoms with E-state index >= 15 is 4.39 Å². The zero-order valence-electron chi connectivity index (χ0n) is 19.6. The first-order valence-electron chi connectivity index (χ1n) is 12.0. The number of fused-ring (bicyclic) bond motifs is 1. The standard InChI is InChI=1S/C30H27F5/c1-2-3-4-5-6-19-8-13-24(26(31)15-19)22-12-14-25-23(18-22)11-10-21(29(25)34)9-7-20-16-27(32)30(35)28(33)17-20/h8,10-18H,2-7,9H2,1H3. The molecule has 0 nitrogen and oxygen atoms in total. The van der Waals surface area contributed by atoms with Crippen LogP contribution in [-0.2, 0) is 19.3 Å². The van der Waals surface area contributed by atoms with Gasteiger partial charge in [-0.3, -0.25) is 0 Å². The topological polar surface area (TPSA) is 0 Å². The summed E-state index contributed by atoms with van der Waals surface area (Å²) < 4.78 is 70.1. The Bertz CT molecular complexity index is 1320. The third-order valence-corrected chi connectivity index (χ3v) is 6.42. The van der Waals surface area contributed by atoms with E-state index < -0.39 is 23.3 Å². The van der Waals surface area contributed by atoms with Crippen molar-refractivity contribution in [3.63, 3.8) is 0 Å². The molecule has 4 aromatic rings. The molecule has 4 rings (SSSR count). The maximum atomic E-state index is 15.2. The summed E-state index contributed by atoms with van der Waals surface area (Å²) in [6.07, 6.45) is 5.71. The van der Waals surface area contributed by atoms with Crippen molar-refractivity contribution in [3.8, 4) is 11.1 Å². The van der Waals surface area contributed by atoms with Gasteiger partial charge >= 0.3 is 0 Å². The Hall–Kier alpha value is -3.21. The van der Waals surface area contributed by atoms with Gasteiger partial charge < -0.3 is 0 Å². The Morgan fingerprint density at radius 2 is 1.31 bits per heavy atom. The summed E-state index contributed by atoms with van der Waals surface area (Å²) in [5.74, 6) is -4.76. The number of hydrogen-bond donors (Lipinski definition) is 0. The molecule has 35 heavy (non-hydrogen) atoms. The molecule has 0 bridgehead atoms. The van der Waals surface area contributed by atoms with Crippen LogP contribution in [0.3, 0.4) is 0 Å². The van der Waals surface area contributed by atoms with Gasteiger partial charge in [0.05, 0.1) is 0 Å². The van der Waals surface area contributed by atoms with E-state index in [1.165, 1.54) is 6.42 Å². The summed E-state index contributed by atoms with van der Waals surface area (Å²) in [5.41, 5.74) is 2.74. The second-order valence-electron chi connectivity index (χ2n) is 8.97. The van der Waals surface area contributed by atoms with Crippen LogP contribution in [0.25, 0.3) is 21.9 Å². The van der Waals surface area contributed by atoms with Gasteiger partial charge in [-0.1, -0.05) is 62.6 Å². The van der Waals surface area contributed by atoms with E-state index in [1.807, 2.05) is 6.07 Å². The summed E-state index contributed by atoms with van der Waals surface area (Å²) in [4.78, 5) is 0. The molecular weight excluding hydrogens is 455 g/mol. The lowest BCUT2D eigenvalue weighted by molar-refractivity contribution is 0.445. The van der Waals surface area contributed by atoms with Crippen molar-refractivity contribution < 1.29 is 22.0 Å². The van der Waals surface area contributed by atoms with Crippen LogP contribution in [0.1, 0.15) is 49.3 Å². The highest BCUT2D eigenvalue weighted by Crippen LogP contribution is 2.30. The zero-order chi connectivity index (χ0) is 24.9. The minimum absolute atomic E-state index is 0.157. The minimum Gasteiger partial charge on any atom is -0.206 e. The fourth-order valence-electron chi connectivity index (χ4n) is 4.43. The Labute approximate surface area is 202 Å². The van der Waals surface area contributed by atoms with E-state index in [0.29, 0.717) is 27.5 Å². The monoisotopic (exact) mass is 482 g/mol. The average Bonchev–Trinajstić information content (AvgIpc) is 2.84. The van der Waals surface area contributed by atoms with E-state index in [1.54, 1.807) is 42.5 Å². The fraction of sp³-hybridized carbons (Fsp3) is 0.267. The van der Waals surface area contributed by atoms with Crippen LogP contribution < -0.4 is 0 Å². The maximum Gasteiger partial charge on any atom is 0.194 e. The molecule has 182 valence electrons. The van der Waals surface area contributed by atoms with Gasteiger partial charge in [0.25, 0.3) is 0 Å². The fourth-order valence-corrected chi connectivity index (χ4v) is 4.43. The highest BCUT2D eigenvalue weighted by molar-refractivity contribution is 5.88. The highest BCUT2D eigenvalue weighted by atomic mass is 19.2. The number of unbranched alkanes of at least 4 members (excludes halogenated alkanes) is 3. The summed E-state index contributed by atoms with van der Waals surface area (Å²) in [5, 5.41) is 1.02. The first-order valence-corrected chi connectivity index (χ1v) is 12.0. The number of halogens is 5. The predicted molar refractivity (Wildman–Crippen MR) is 131 cm³/mol. The second-order valence-corrected chi connectivity index (χ2v) is 8.97. The molecule has 4 aromatic carbocycles. The Kier molecular flexibility index (Phi) is 7.84. The quantitative estimate of drug-likeness (QED) is 0.127. The molecule has 0 aliphatic rings. The molecule has 0 saturated carbocycles. The SMILES string of the molecule is CCCCCCc1ccc(-c2ccc3c(F)c(CCc4cc(F)c(F)c(F)c4)ccc3c2)c(F)c1. The van der Waals surface area contributed by atoms with Crippen molar-refractivity contribution in [2.45, 2.75) is 51.9 Å². The van der Waals surface area contributed by atoms with Crippen molar-refractivity contribution >= 4 is 10.8 Å². The smallest absolute Gasteiger partial charge is 0.194 e. The van der Waals surface area contributed by atoms with E-state index in [9.17, 15) is 17.6 Å². The van der Waals surface area contributed by atoms with Gasteiger partial charge in [-0.2, -0.15) is 0 Å². The first-order chi connectivity index (χ1) is 16.9. The van der Waals surface area contributed by atoms with Crippen LogP contribution in [0, 0.1) is 29.1 Å². The molecule has 0 saturated heterocycles. The third kappa shape index (κ3) is 5.72. The maximum absolute atomic E-state index is 15.2. The Morgan fingerprint density at radius 1 is 0.571 bits per heavy atom. The normalized spacial score (nSPS) is 11.4. The lowest BCUT2D eigenvalue weighted by Crippen LogP contribution is -1.99. The third-order valence-electron chi connectivity index (χ3n) is 6.42. The number of rotatable bonds is 9. The average molecular weight is 483 g/mol. The molecule has 0 aliphatic heterocycles. The molecular formula is C30H27F5. The van der Waals surface area contributed by atoms with Crippen LogP contribution in [0.15, 0.2) is 60.7 Å². The second kappa shape index (κ2) is 11.0. The van der Waals surface area contributed by atoms with E-state index in [4.69, 9.17) is 0 Å². The van der Waals surface area contributed by atoms with Crippen LogP contribution in [-0.4, -0.2) is 0 Å². The van der Waals surface area contributed by atoms with E-state index in [0.717, 1.165) is 43.4 Å². The van der Waals surface area contributed by atoms with Gasteiger partial charge in [0.15, 0.2) is 17.5 Å². The summed E-state index contributed by atoms with van der Waals surface area (Å²) in [6, 6.07) is 15.6. The van der Waals surface area contributed by atoms with Gasteiger partial charge in [-0.05, 0) is 77.6 Å². The zero-order valence-corrected chi connectivity index (χ0v) is 19.6. The van der Waals surface area contributed by atoms with Gasteiger partial charge in [0, 0.05) is 10.9 Å². The van der Waals surface area contributed by atoms with Gasteiger partial charge in [0.1, 0.15) is 11.6 Å². The molecule has 0 aliphatic carbocycles.